The van der Waals surface area contributed by atoms with Crippen LogP contribution < -0.4 is 14.4 Å². The van der Waals surface area contributed by atoms with Crippen molar-refractivity contribution in [2.45, 2.75) is 10.8 Å². The fourth-order valence-electron chi connectivity index (χ4n) is 14.3. The second kappa shape index (κ2) is 16.2. The number of benzene rings is 12. The number of rotatable bonds is 5. The van der Waals surface area contributed by atoms with Crippen LogP contribution in [0.1, 0.15) is 44.5 Å². The van der Waals surface area contributed by atoms with Crippen molar-refractivity contribution in [2.24, 2.45) is 0 Å². The Hall–Kier alpha value is -10.2. The number of fused-ring (bicyclic) bond motifs is 21. The summed E-state index contributed by atoms with van der Waals surface area (Å²) in [5.41, 5.74) is 22.2. The van der Waals surface area contributed by atoms with Crippen molar-refractivity contribution in [1.29, 1.82) is 0 Å². The third-order valence-electron chi connectivity index (χ3n) is 17.3. The van der Waals surface area contributed by atoms with Gasteiger partial charge in [-0.25, -0.2) is 0 Å². The Morgan fingerprint density at radius 3 is 1.42 bits per heavy atom. The van der Waals surface area contributed by atoms with Gasteiger partial charge in [-0.1, -0.05) is 200 Å². The van der Waals surface area contributed by atoms with Crippen LogP contribution in [0, 0.1) is 0 Å². The standard InChI is InChI=1S/C74H46N2O2/c1-2-19-49(20-3-1)76-65-31-13-6-22-53(65)54-43-39-48(45-67(54)76)47-37-40-50(41-38-47)75(51-42-44-59-56(46-51)52-21-4-7-24-57(52)73(59)60-26-9-14-33-68(60)77-69-34-15-10-27-61(69)73)66-32-18-30-64-72(66)55-23-5-8-25-58(55)74(64)62-28-11-16-35-70(62)78-71-36-17-12-29-63(71)74/h1-46H. The molecule has 13 aromatic rings. The molecule has 3 heterocycles. The van der Waals surface area contributed by atoms with Crippen LogP contribution in [0.4, 0.5) is 17.1 Å². The second-order valence-corrected chi connectivity index (χ2v) is 21.0. The summed E-state index contributed by atoms with van der Waals surface area (Å²) in [6.45, 7) is 0. The summed E-state index contributed by atoms with van der Waals surface area (Å²) in [6.07, 6.45) is 0. The molecule has 0 atom stereocenters. The van der Waals surface area contributed by atoms with E-state index < -0.39 is 10.8 Å². The number of ether oxygens (including phenoxy) is 2. The van der Waals surface area contributed by atoms with Gasteiger partial charge in [0.1, 0.15) is 23.0 Å². The molecule has 0 bridgehead atoms. The first-order chi connectivity index (χ1) is 38.7. The Balaban J connectivity index is 0.903. The highest BCUT2D eigenvalue weighted by atomic mass is 16.5. The summed E-state index contributed by atoms with van der Waals surface area (Å²) in [4.78, 5) is 2.51. The predicted molar refractivity (Wildman–Crippen MR) is 316 cm³/mol. The fourth-order valence-corrected chi connectivity index (χ4v) is 14.3. The van der Waals surface area contributed by atoms with Crippen molar-refractivity contribution in [3.63, 3.8) is 0 Å². The van der Waals surface area contributed by atoms with Crippen LogP contribution in [0.2, 0.25) is 0 Å². The third-order valence-corrected chi connectivity index (χ3v) is 17.3. The number of anilines is 3. The maximum absolute atomic E-state index is 6.77. The van der Waals surface area contributed by atoms with Crippen molar-refractivity contribution < 1.29 is 9.47 Å². The Kier molecular flexibility index (Phi) is 8.94. The minimum Gasteiger partial charge on any atom is -0.457 e. The van der Waals surface area contributed by atoms with Crippen molar-refractivity contribution >= 4 is 38.9 Å². The first-order valence-corrected chi connectivity index (χ1v) is 26.9. The van der Waals surface area contributed by atoms with Gasteiger partial charge in [0.05, 0.1) is 27.6 Å². The number of hydrogen-bond acceptors (Lipinski definition) is 3. The van der Waals surface area contributed by atoms with Crippen LogP contribution in [-0.4, -0.2) is 4.57 Å². The number of nitrogens with zero attached hydrogens (tertiary/aromatic N) is 2. The maximum Gasteiger partial charge on any atom is 0.132 e. The first kappa shape index (κ1) is 43.1. The van der Waals surface area contributed by atoms with Gasteiger partial charge in [0.15, 0.2) is 0 Å². The zero-order valence-corrected chi connectivity index (χ0v) is 42.3. The van der Waals surface area contributed by atoms with Gasteiger partial charge in [-0.2, -0.15) is 0 Å². The maximum atomic E-state index is 6.77. The quantitative estimate of drug-likeness (QED) is 0.172. The summed E-state index contributed by atoms with van der Waals surface area (Å²) in [5, 5.41) is 2.48. The molecule has 0 N–H and O–H groups in total. The van der Waals surface area contributed by atoms with Gasteiger partial charge in [-0.15, -0.1) is 0 Å². The Labute approximate surface area is 451 Å². The van der Waals surface area contributed by atoms with E-state index in [1.54, 1.807) is 0 Å². The summed E-state index contributed by atoms with van der Waals surface area (Å²) in [6, 6.07) is 102. The van der Waals surface area contributed by atoms with E-state index in [-0.39, 0.29) is 0 Å². The second-order valence-electron chi connectivity index (χ2n) is 21.0. The molecular weight excluding hydrogens is 949 g/mol. The lowest BCUT2D eigenvalue weighted by molar-refractivity contribution is 0.436. The molecule has 0 saturated carbocycles. The van der Waals surface area contributed by atoms with Gasteiger partial charge in [0, 0.05) is 55.7 Å². The number of hydrogen-bond donors (Lipinski definition) is 0. The van der Waals surface area contributed by atoms with Gasteiger partial charge >= 0.3 is 0 Å². The number of aromatic nitrogens is 1. The van der Waals surface area contributed by atoms with Gasteiger partial charge in [-0.3, -0.25) is 0 Å². The van der Waals surface area contributed by atoms with Gasteiger partial charge in [-0.05, 0) is 129 Å². The highest BCUT2D eigenvalue weighted by molar-refractivity contribution is 6.10. The van der Waals surface area contributed by atoms with Crippen LogP contribution in [0.15, 0.2) is 279 Å². The molecule has 78 heavy (non-hydrogen) atoms. The molecule has 2 aliphatic heterocycles. The molecule has 0 fully saturated rings. The Bertz CT molecular complexity index is 4550. The molecule has 4 heteroatoms. The molecule has 0 saturated heterocycles. The predicted octanol–water partition coefficient (Wildman–Crippen LogP) is 18.9. The smallest absolute Gasteiger partial charge is 0.132 e. The van der Waals surface area contributed by atoms with Crippen LogP contribution in [-0.2, 0) is 10.8 Å². The molecule has 4 aliphatic rings. The van der Waals surface area contributed by atoms with E-state index >= 15 is 0 Å². The monoisotopic (exact) mass is 994 g/mol. The summed E-state index contributed by atoms with van der Waals surface area (Å²) in [7, 11) is 0. The normalized spacial score (nSPS) is 14.1. The average molecular weight is 995 g/mol. The van der Waals surface area contributed by atoms with Crippen molar-refractivity contribution in [3.8, 4) is 62.1 Å². The lowest BCUT2D eigenvalue weighted by atomic mass is 9.66. The third kappa shape index (κ3) is 5.68. The lowest BCUT2D eigenvalue weighted by Crippen LogP contribution is -2.32. The van der Waals surface area contributed by atoms with E-state index in [9.17, 15) is 0 Å². The molecule has 0 radical (unpaired) electrons. The minimum atomic E-state index is -0.628. The SMILES string of the molecule is c1ccc(-n2c3ccccc3c3ccc(-c4ccc(N(c5ccc6c(c5)-c5ccccc5C65c6ccccc6Oc6ccccc65)c5cccc6c5-c5ccccc5C65c6ccccc6Oc6ccccc65)cc4)cc32)cc1. The van der Waals surface area contributed by atoms with Gasteiger partial charge in [0.2, 0.25) is 0 Å². The summed E-state index contributed by atoms with van der Waals surface area (Å²) >= 11 is 0. The Morgan fingerprint density at radius 2 is 0.769 bits per heavy atom. The van der Waals surface area contributed by atoms with Gasteiger partial charge < -0.3 is 18.9 Å². The molecular formula is C74H46N2O2. The molecule has 1 aromatic heterocycles. The molecule has 364 valence electrons. The van der Waals surface area contributed by atoms with Crippen molar-refractivity contribution in [2.75, 3.05) is 4.90 Å². The zero-order chi connectivity index (χ0) is 51.1. The summed E-state index contributed by atoms with van der Waals surface area (Å²) in [5.74, 6) is 3.52. The highest BCUT2D eigenvalue weighted by Crippen LogP contribution is 2.66. The molecule has 2 aliphatic carbocycles. The van der Waals surface area contributed by atoms with E-state index in [2.05, 4.69) is 289 Å². The molecule has 0 amide bonds. The molecule has 17 rings (SSSR count). The van der Waals surface area contributed by atoms with Crippen LogP contribution >= 0.6 is 0 Å². The summed E-state index contributed by atoms with van der Waals surface area (Å²) < 4.78 is 15.9. The fraction of sp³-hybridized carbons (Fsp3) is 0.0270. The average Bonchev–Trinajstić information content (AvgIpc) is 4.23. The van der Waals surface area contributed by atoms with Gasteiger partial charge in [0.25, 0.3) is 0 Å². The topological polar surface area (TPSA) is 26.6 Å². The van der Waals surface area contributed by atoms with E-state index in [0.717, 1.165) is 79.1 Å². The number of para-hydroxylation sites is 6. The van der Waals surface area contributed by atoms with Crippen molar-refractivity contribution in [3.05, 3.63) is 324 Å². The van der Waals surface area contributed by atoms with Crippen molar-refractivity contribution in [1.82, 2.24) is 4.57 Å². The van der Waals surface area contributed by atoms with Crippen LogP contribution in [0.25, 0.3) is 60.9 Å². The zero-order valence-electron chi connectivity index (χ0n) is 42.3. The molecule has 2 spiro atoms. The lowest BCUT2D eigenvalue weighted by Gasteiger charge is -2.39. The van der Waals surface area contributed by atoms with E-state index in [1.807, 2.05) is 0 Å². The first-order valence-electron chi connectivity index (χ1n) is 26.9. The minimum absolute atomic E-state index is 0.584. The van der Waals surface area contributed by atoms with E-state index in [1.165, 1.54) is 66.3 Å². The van der Waals surface area contributed by atoms with E-state index in [0.29, 0.717) is 0 Å². The van der Waals surface area contributed by atoms with E-state index in [4.69, 9.17) is 9.47 Å². The largest absolute Gasteiger partial charge is 0.457 e. The molecule has 12 aromatic carbocycles. The molecule has 0 unspecified atom stereocenters. The highest BCUT2D eigenvalue weighted by Gasteiger charge is 2.53. The molecule has 4 nitrogen and oxygen atoms in total. The Morgan fingerprint density at radius 1 is 0.295 bits per heavy atom. The van der Waals surface area contributed by atoms with Crippen LogP contribution in [0.3, 0.4) is 0 Å². The van der Waals surface area contributed by atoms with Crippen LogP contribution in [0.5, 0.6) is 23.0 Å².